The Morgan fingerprint density at radius 1 is 0.600 bits per heavy atom. The molecular formula is C10H24S10. The second kappa shape index (κ2) is 22.5. The van der Waals surface area contributed by atoms with Gasteiger partial charge < -0.3 is 0 Å². The minimum Gasteiger partial charge on any atom is -0.178 e. The normalized spacial score (nSPS) is 13.5. The Bertz CT molecular complexity index is 154. The monoisotopic (exact) mass is 464 g/mol. The molecule has 0 saturated carbocycles. The summed E-state index contributed by atoms with van der Waals surface area (Å²) in [7, 11) is 0. The van der Waals surface area contributed by atoms with Crippen molar-refractivity contribution >= 4 is 123 Å². The van der Waals surface area contributed by atoms with Crippen molar-refractivity contribution < 1.29 is 0 Å². The van der Waals surface area contributed by atoms with Crippen LogP contribution >= 0.6 is 123 Å². The maximum Gasteiger partial charge on any atom is 0.0400 e. The van der Waals surface area contributed by atoms with Gasteiger partial charge in [0, 0.05) is 53.9 Å². The predicted molar refractivity (Wildman–Crippen MR) is 131 cm³/mol. The van der Waals surface area contributed by atoms with Crippen LogP contribution in [-0.2, 0) is 0 Å². The van der Waals surface area contributed by atoms with E-state index in [1.54, 1.807) is 11.8 Å². The van der Waals surface area contributed by atoms with E-state index in [1.165, 1.54) is 0 Å². The van der Waals surface area contributed by atoms with Gasteiger partial charge in [0.25, 0.3) is 0 Å². The van der Waals surface area contributed by atoms with Crippen molar-refractivity contribution in [2.24, 2.45) is 0 Å². The smallest absolute Gasteiger partial charge is 0.0400 e. The van der Waals surface area contributed by atoms with Gasteiger partial charge in [-0.1, -0.05) is 0 Å². The van der Waals surface area contributed by atoms with E-state index in [9.17, 15) is 0 Å². The first-order valence-electron chi connectivity index (χ1n) is 5.72. The Hall–Kier alpha value is 3.50. The molecule has 0 radical (unpaired) electrons. The minimum absolute atomic E-state index is 0.428. The molecule has 0 aromatic heterocycles. The van der Waals surface area contributed by atoms with Gasteiger partial charge >= 0.3 is 0 Å². The minimum atomic E-state index is 0.428. The molecule has 0 aromatic carbocycles. The molecule has 2 unspecified atom stereocenters. The lowest BCUT2D eigenvalue weighted by atomic mass is 10.6. The van der Waals surface area contributed by atoms with Gasteiger partial charge in [-0.25, -0.2) is 0 Å². The number of hydrogen-bond acceptors (Lipinski definition) is 10. The number of thioether (sulfide) groups is 4. The molecule has 0 heterocycles. The van der Waals surface area contributed by atoms with Gasteiger partial charge in [0.1, 0.15) is 0 Å². The maximum absolute atomic E-state index is 4.38. The molecule has 0 fully saturated rings. The number of hydrogen-bond donors (Lipinski definition) is 6. The fourth-order valence-corrected chi connectivity index (χ4v) is 6.34. The van der Waals surface area contributed by atoms with E-state index < -0.39 is 0 Å². The summed E-state index contributed by atoms with van der Waals surface area (Å²) in [6.07, 6.45) is 0. The van der Waals surface area contributed by atoms with Crippen LogP contribution in [0.3, 0.4) is 0 Å². The van der Waals surface area contributed by atoms with Gasteiger partial charge in [-0.15, -0.1) is 47.0 Å². The van der Waals surface area contributed by atoms with Crippen LogP contribution in [0.2, 0.25) is 0 Å². The van der Waals surface area contributed by atoms with E-state index in [1.807, 2.05) is 35.3 Å². The van der Waals surface area contributed by atoms with Gasteiger partial charge in [-0.05, 0) is 0 Å². The highest BCUT2D eigenvalue weighted by molar-refractivity contribution is 8.22. The molecule has 10 heteroatoms. The van der Waals surface area contributed by atoms with Crippen LogP contribution in [0.5, 0.6) is 0 Å². The molecule has 0 saturated heterocycles. The zero-order chi connectivity index (χ0) is 15.6. The predicted octanol–water partition coefficient (Wildman–Crippen LogP) is 5.05. The first-order valence-corrected chi connectivity index (χ1v) is 13.9. The van der Waals surface area contributed by atoms with Crippen molar-refractivity contribution in [1.29, 1.82) is 0 Å². The fourth-order valence-electron chi connectivity index (χ4n) is 0.666. The number of rotatable bonds is 12. The van der Waals surface area contributed by atoms with Crippen LogP contribution in [0.25, 0.3) is 0 Å². The summed E-state index contributed by atoms with van der Waals surface area (Å²) >= 11 is 32.5. The van der Waals surface area contributed by atoms with E-state index in [4.69, 9.17) is 0 Å². The van der Waals surface area contributed by atoms with Crippen LogP contribution in [0.15, 0.2) is 0 Å². The summed E-state index contributed by atoms with van der Waals surface area (Å²) in [5.74, 6) is 3.91. The first kappa shape index (κ1) is 25.7. The van der Waals surface area contributed by atoms with Gasteiger partial charge in [-0.2, -0.15) is 75.8 Å². The van der Waals surface area contributed by atoms with Crippen molar-refractivity contribution in [3.8, 4) is 0 Å². The molecule has 0 aliphatic carbocycles. The van der Waals surface area contributed by atoms with Crippen LogP contribution in [0.4, 0.5) is 0 Å². The molecule has 0 aliphatic heterocycles. The lowest BCUT2D eigenvalue weighted by Gasteiger charge is -2.07. The van der Waals surface area contributed by atoms with Crippen molar-refractivity contribution in [1.82, 2.24) is 0 Å². The van der Waals surface area contributed by atoms with E-state index >= 15 is 0 Å². The first-order chi connectivity index (χ1) is 9.62. The highest BCUT2D eigenvalue weighted by Gasteiger charge is 2.01. The average molecular weight is 465 g/mol. The third kappa shape index (κ3) is 23.8. The SMILES string of the molecule is SCC(S)CSCSCSCC(S)CS.SCSCS. The average Bonchev–Trinajstić information content (AvgIpc) is 2.47. The fraction of sp³-hybridized carbons (Fsp3) is 1.00. The van der Waals surface area contributed by atoms with Crippen LogP contribution in [-0.4, -0.2) is 53.9 Å². The topological polar surface area (TPSA) is 0 Å². The molecule has 0 rings (SSSR count). The summed E-state index contributed by atoms with van der Waals surface area (Å²) in [5.41, 5.74) is 0. The molecule has 20 heavy (non-hydrogen) atoms. The van der Waals surface area contributed by atoms with E-state index in [0.717, 1.165) is 43.4 Å². The summed E-state index contributed by atoms with van der Waals surface area (Å²) in [4.78, 5) is 0. The standard InChI is InChI=1S/C8H18S7.C2H6S3/c9-1-7(11)3-13-5-15-6-14-4-8(12)2-10;3-1-5-2-4/h7-12H,1-6H2;3-4H,1-2H2. The van der Waals surface area contributed by atoms with Crippen LogP contribution < -0.4 is 0 Å². The Labute approximate surface area is 174 Å². The van der Waals surface area contributed by atoms with Crippen molar-refractivity contribution in [2.75, 3.05) is 43.4 Å². The molecule has 124 valence electrons. The highest BCUT2D eigenvalue weighted by Crippen LogP contribution is 2.20. The molecule has 0 aliphatic rings. The lowest BCUT2D eigenvalue weighted by molar-refractivity contribution is 1.17. The molecule has 0 aromatic rings. The van der Waals surface area contributed by atoms with Crippen molar-refractivity contribution in [2.45, 2.75) is 10.5 Å². The third-order valence-electron chi connectivity index (χ3n) is 1.56. The highest BCUT2D eigenvalue weighted by atomic mass is 32.2. The molecule has 0 N–H and O–H groups in total. The van der Waals surface area contributed by atoms with Gasteiger partial charge in [0.05, 0.1) is 0 Å². The second-order valence-electron chi connectivity index (χ2n) is 3.32. The quantitative estimate of drug-likeness (QED) is 0.136. The summed E-state index contributed by atoms with van der Waals surface area (Å²) in [6, 6.07) is 0. The Balaban J connectivity index is 0. The van der Waals surface area contributed by atoms with E-state index in [2.05, 4.69) is 75.8 Å². The second-order valence-corrected chi connectivity index (χ2v) is 11.8. The molecule has 0 spiro atoms. The largest absolute Gasteiger partial charge is 0.178 e. The Morgan fingerprint density at radius 3 is 1.25 bits per heavy atom. The number of thiol groups is 6. The zero-order valence-corrected chi connectivity index (χ0v) is 19.8. The Morgan fingerprint density at radius 2 is 1.00 bits per heavy atom. The van der Waals surface area contributed by atoms with Crippen molar-refractivity contribution in [3.05, 3.63) is 0 Å². The molecule has 2 atom stereocenters. The van der Waals surface area contributed by atoms with Crippen molar-refractivity contribution in [3.63, 3.8) is 0 Å². The maximum atomic E-state index is 4.38. The zero-order valence-electron chi connectivity index (χ0n) is 11.1. The van der Waals surface area contributed by atoms with Crippen LogP contribution in [0.1, 0.15) is 0 Å². The van der Waals surface area contributed by atoms with Gasteiger partial charge in [0.15, 0.2) is 0 Å². The van der Waals surface area contributed by atoms with E-state index in [-0.39, 0.29) is 0 Å². The third-order valence-corrected chi connectivity index (χ3v) is 9.64. The molecular weight excluding hydrogens is 441 g/mol. The van der Waals surface area contributed by atoms with Crippen LogP contribution in [0, 0.1) is 0 Å². The van der Waals surface area contributed by atoms with Gasteiger partial charge in [0.2, 0.25) is 0 Å². The Kier molecular flexibility index (Phi) is 29.0. The molecule has 0 amide bonds. The van der Waals surface area contributed by atoms with Gasteiger partial charge in [-0.3, -0.25) is 0 Å². The summed E-state index contributed by atoms with van der Waals surface area (Å²) in [5, 5.41) is 4.91. The van der Waals surface area contributed by atoms with E-state index in [0.29, 0.717) is 10.5 Å². The molecule has 0 bridgehead atoms. The molecule has 0 nitrogen and oxygen atoms in total. The summed E-state index contributed by atoms with van der Waals surface area (Å²) in [6.45, 7) is 0. The summed E-state index contributed by atoms with van der Waals surface area (Å²) < 4.78 is 0. The lowest BCUT2D eigenvalue weighted by Crippen LogP contribution is -2.04.